The van der Waals surface area contributed by atoms with Crippen molar-refractivity contribution in [2.75, 3.05) is 0 Å². The molecule has 0 aliphatic carbocycles. The van der Waals surface area contributed by atoms with Gasteiger partial charge in [0.1, 0.15) is 18.9 Å². The zero-order valence-electron chi connectivity index (χ0n) is 22.9. The summed E-state index contributed by atoms with van der Waals surface area (Å²) in [6, 6.07) is 10.8. The average molecular weight is 468 g/mol. The first-order valence-corrected chi connectivity index (χ1v) is 14.8. The predicted molar refractivity (Wildman–Crippen MR) is 148 cm³/mol. The highest BCUT2D eigenvalue weighted by molar-refractivity contribution is 5.15. The highest BCUT2D eigenvalue weighted by atomic mass is 15.1. The van der Waals surface area contributed by atoms with Crippen LogP contribution in [0.4, 0.5) is 0 Å². The maximum Gasteiger partial charge on any atom is 0.259 e. The van der Waals surface area contributed by atoms with Gasteiger partial charge >= 0.3 is 0 Å². The van der Waals surface area contributed by atoms with Crippen LogP contribution >= 0.6 is 0 Å². The molecule has 0 fully saturated rings. The van der Waals surface area contributed by atoms with E-state index in [0.29, 0.717) is 5.92 Å². The van der Waals surface area contributed by atoms with Crippen molar-refractivity contribution in [2.45, 2.75) is 149 Å². The Labute approximate surface area is 212 Å². The Morgan fingerprint density at radius 3 is 1.59 bits per heavy atom. The van der Waals surface area contributed by atoms with E-state index in [1.54, 1.807) is 0 Å². The SMILES string of the molecule is CCCCCCCCCCCCCCCCCCC[n+]1ccn(Cc2ccccc2)c1C(C)C. The molecule has 0 unspecified atom stereocenters. The first kappa shape index (κ1) is 28.7. The van der Waals surface area contributed by atoms with Gasteiger partial charge in [0.05, 0.1) is 12.5 Å². The van der Waals surface area contributed by atoms with E-state index in [1.165, 1.54) is 121 Å². The second-order valence-electron chi connectivity index (χ2n) is 10.8. The molecule has 0 saturated heterocycles. The summed E-state index contributed by atoms with van der Waals surface area (Å²) < 4.78 is 4.94. The largest absolute Gasteiger partial charge is 0.259 e. The lowest BCUT2D eigenvalue weighted by Crippen LogP contribution is -2.38. The van der Waals surface area contributed by atoms with Crippen molar-refractivity contribution in [3.8, 4) is 0 Å². The summed E-state index contributed by atoms with van der Waals surface area (Å²) in [6.07, 6.45) is 28.9. The number of unbranched alkanes of at least 4 members (excludes halogenated alkanes) is 16. The first-order chi connectivity index (χ1) is 16.7. The standard InChI is InChI=1S/C32H55N2/c1-4-5-6-7-8-9-10-11-12-13-14-15-16-17-18-19-23-26-33-27-28-34(32(33)30(2)3)29-31-24-21-20-22-25-31/h20-22,24-25,27-28,30H,4-19,23,26,29H2,1-3H3/q+1. The minimum Gasteiger partial charge on any atom is -0.234 e. The predicted octanol–water partition coefficient (Wildman–Crippen LogP) is 9.60. The minimum atomic E-state index is 0.546. The summed E-state index contributed by atoms with van der Waals surface area (Å²) >= 11 is 0. The normalized spacial score (nSPS) is 11.5. The van der Waals surface area contributed by atoms with Crippen molar-refractivity contribution in [1.82, 2.24) is 4.57 Å². The number of hydrogen-bond acceptors (Lipinski definition) is 0. The fourth-order valence-electron chi connectivity index (χ4n) is 5.25. The Balaban J connectivity index is 1.46. The van der Waals surface area contributed by atoms with E-state index in [-0.39, 0.29) is 0 Å². The molecule has 2 rings (SSSR count). The highest BCUT2D eigenvalue weighted by Gasteiger charge is 2.20. The van der Waals surface area contributed by atoms with Gasteiger partial charge in [0.15, 0.2) is 0 Å². The van der Waals surface area contributed by atoms with Crippen molar-refractivity contribution < 1.29 is 4.57 Å². The molecule has 0 saturated carbocycles. The number of hydrogen-bond donors (Lipinski definition) is 0. The number of rotatable bonds is 21. The number of imidazole rings is 1. The van der Waals surface area contributed by atoms with Crippen molar-refractivity contribution in [1.29, 1.82) is 0 Å². The zero-order chi connectivity index (χ0) is 24.3. The van der Waals surface area contributed by atoms with Gasteiger partial charge in [-0.15, -0.1) is 0 Å². The molecule has 192 valence electrons. The van der Waals surface area contributed by atoms with E-state index in [0.717, 1.165) is 13.1 Å². The molecule has 0 bridgehead atoms. The molecule has 1 aromatic heterocycles. The van der Waals surface area contributed by atoms with Gasteiger partial charge in [0, 0.05) is 0 Å². The van der Waals surface area contributed by atoms with Crippen LogP contribution in [0.15, 0.2) is 42.7 Å². The molecule has 0 radical (unpaired) electrons. The summed E-state index contributed by atoms with van der Waals surface area (Å²) in [5.74, 6) is 2.00. The van der Waals surface area contributed by atoms with Crippen LogP contribution in [0.2, 0.25) is 0 Å². The van der Waals surface area contributed by atoms with E-state index in [2.05, 4.69) is 72.6 Å². The van der Waals surface area contributed by atoms with E-state index >= 15 is 0 Å². The molecule has 1 aromatic carbocycles. The molecule has 0 atom stereocenters. The van der Waals surface area contributed by atoms with E-state index in [9.17, 15) is 0 Å². The minimum absolute atomic E-state index is 0.546. The molecular weight excluding hydrogens is 412 g/mol. The molecule has 2 aromatic rings. The smallest absolute Gasteiger partial charge is 0.234 e. The van der Waals surface area contributed by atoms with Gasteiger partial charge in [-0.25, -0.2) is 9.13 Å². The van der Waals surface area contributed by atoms with Crippen molar-refractivity contribution >= 4 is 0 Å². The zero-order valence-corrected chi connectivity index (χ0v) is 22.9. The Hall–Kier alpha value is -1.57. The molecule has 2 nitrogen and oxygen atoms in total. The molecule has 0 aliphatic heterocycles. The Bertz CT molecular complexity index is 716. The summed E-state index contributed by atoms with van der Waals surface area (Å²) in [4.78, 5) is 0. The van der Waals surface area contributed by atoms with Crippen LogP contribution in [0.5, 0.6) is 0 Å². The van der Waals surface area contributed by atoms with Gasteiger partial charge in [-0.1, -0.05) is 147 Å². The Kier molecular flexibility index (Phi) is 15.8. The maximum absolute atomic E-state index is 2.50. The van der Waals surface area contributed by atoms with E-state index < -0.39 is 0 Å². The van der Waals surface area contributed by atoms with Gasteiger partial charge < -0.3 is 0 Å². The number of nitrogens with zero attached hydrogens (tertiary/aromatic N) is 2. The third-order valence-electron chi connectivity index (χ3n) is 7.23. The quantitative estimate of drug-likeness (QED) is 0.128. The Morgan fingerprint density at radius 1 is 0.647 bits per heavy atom. The molecule has 0 spiro atoms. The highest BCUT2D eigenvalue weighted by Crippen LogP contribution is 2.15. The molecule has 1 heterocycles. The third-order valence-corrected chi connectivity index (χ3v) is 7.23. The van der Waals surface area contributed by atoms with Gasteiger partial charge in [-0.05, 0) is 18.4 Å². The van der Waals surface area contributed by atoms with Gasteiger partial charge in [-0.3, -0.25) is 0 Å². The Morgan fingerprint density at radius 2 is 1.12 bits per heavy atom. The second-order valence-corrected chi connectivity index (χ2v) is 10.8. The number of aromatic nitrogens is 2. The second kappa shape index (κ2) is 18.7. The van der Waals surface area contributed by atoms with Crippen molar-refractivity contribution in [2.24, 2.45) is 0 Å². The van der Waals surface area contributed by atoms with E-state index in [4.69, 9.17) is 0 Å². The van der Waals surface area contributed by atoms with Gasteiger partial charge in [0.2, 0.25) is 0 Å². The maximum atomic E-state index is 2.50. The molecule has 0 amide bonds. The van der Waals surface area contributed by atoms with Crippen LogP contribution < -0.4 is 4.57 Å². The first-order valence-electron chi connectivity index (χ1n) is 14.8. The molecule has 34 heavy (non-hydrogen) atoms. The topological polar surface area (TPSA) is 8.81 Å². The monoisotopic (exact) mass is 467 g/mol. The molecular formula is C32H55N2+. The number of benzene rings is 1. The van der Waals surface area contributed by atoms with Gasteiger partial charge in [0.25, 0.3) is 5.82 Å². The lowest BCUT2D eigenvalue weighted by atomic mass is 10.0. The van der Waals surface area contributed by atoms with Crippen LogP contribution in [-0.4, -0.2) is 4.57 Å². The van der Waals surface area contributed by atoms with Crippen molar-refractivity contribution in [3.63, 3.8) is 0 Å². The van der Waals surface area contributed by atoms with Crippen LogP contribution in [0.1, 0.15) is 147 Å². The lowest BCUT2D eigenvalue weighted by Gasteiger charge is -2.08. The average Bonchev–Trinajstić information content (AvgIpc) is 3.24. The fourth-order valence-corrected chi connectivity index (χ4v) is 5.25. The number of aryl methyl sites for hydroxylation is 1. The van der Waals surface area contributed by atoms with Crippen molar-refractivity contribution in [3.05, 3.63) is 54.1 Å². The van der Waals surface area contributed by atoms with Gasteiger partial charge in [-0.2, -0.15) is 0 Å². The summed E-state index contributed by atoms with van der Waals surface area (Å²) in [5, 5.41) is 0. The summed E-state index contributed by atoms with van der Waals surface area (Å²) in [6.45, 7) is 9.08. The van der Waals surface area contributed by atoms with Crippen LogP contribution in [0.3, 0.4) is 0 Å². The van der Waals surface area contributed by atoms with Crippen LogP contribution in [0, 0.1) is 0 Å². The third kappa shape index (κ3) is 12.2. The van der Waals surface area contributed by atoms with E-state index in [1.807, 2.05) is 0 Å². The summed E-state index contributed by atoms with van der Waals surface area (Å²) in [7, 11) is 0. The molecule has 0 N–H and O–H groups in total. The fraction of sp³-hybridized carbons (Fsp3) is 0.719. The molecule has 2 heteroatoms. The van der Waals surface area contributed by atoms with Crippen LogP contribution in [0.25, 0.3) is 0 Å². The lowest BCUT2D eigenvalue weighted by molar-refractivity contribution is -0.705. The molecule has 0 aliphatic rings. The van der Waals surface area contributed by atoms with Crippen LogP contribution in [-0.2, 0) is 13.1 Å². The summed E-state index contributed by atoms with van der Waals surface area (Å²) in [5.41, 5.74) is 1.38.